The lowest BCUT2D eigenvalue weighted by Gasteiger charge is -2.31. The zero-order valence-corrected chi connectivity index (χ0v) is 19.3. The average molecular weight is 459 g/mol. The average Bonchev–Trinajstić information content (AvgIpc) is 3.53. The molecule has 0 fully saturated rings. The summed E-state index contributed by atoms with van der Waals surface area (Å²) in [5, 5.41) is 4.99. The fraction of sp³-hybridized carbons (Fsp3) is 0.185. The van der Waals surface area contributed by atoms with Gasteiger partial charge in [-0.15, -0.1) is 11.3 Å². The summed E-state index contributed by atoms with van der Waals surface area (Å²) in [6, 6.07) is 24.1. The summed E-state index contributed by atoms with van der Waals surface area (Å²) in [7, 11) is 0. The maximum atomic E-state index is 13.6. The Morgan fingerprint density at radius 1 is 0.970 bits per heavy atom. The first-order valence-corrected chi connectivity index (χ1v) is 11.7. The predicted molar refractivity (Wildman–Crippen MR) is 129 cm³/mol. The molecule has 0 spiro atoms. The monoisotopic (exact) mass is 458 g/mol. The third-order valence-corrected chi connectivity index (χ3v) is 6.36. The van der Waals surface area contributed by atoms with Gasteiger partial charge in [-0.2, -0.15) is 0 Å². The topological polar surface area (TPSA) is 62.6 Å². The summed E-state index contributed by atoms with van der Waals surface area (Å²) in [5.74, 6) is 0.278. The molecule has 1 N–H and O–H groups in total. The standard InChI is InChI=1S/C27H26N2O3S/c1-20-9-5-6-14-24(20)26(27(31)28-18-21-10-3-2-4-11-21)29(19-22-12-7-15-32-22)25(30)17-23-13-8-16-33-23/h2-16,26H,17-19H2,1H3,(H,28,31)/t26-/m1/s1. The molecule has 0 saturated carbocycles. The van der Waals surface area contributed by atoms with Crippen molar-refractivity contribution in [3.63, 3.8) is 0 Å². The van der Waals surface area contributed by atoms with Crippen LogP contribution in [0.15, 0.2) is 94.9 Å². The van der Waals surface area contributed by atoms with Gasteiger partial charge in [0.25, 0.3) is 0 Å². The van der Waals surface area contributed by atoms with E-state index in [0.717, 1.165) is 21.6 Å². The molecular weight excluding hydrogens is 432 g/mol. The van der Waals surface area contributed by atoms with E-state index in [1.165, 1.54) is 11.3 Å². The van der Waals surface area contributed by atoms with E-state index in [2.05, 4.69) is 5.32 Å². The molecule has 2 aromatic carbocycles. The lowest BCUT2D eigenvalue weighted by Crippen LogP contribution is -2.44. The van der Waals surface area contributed by atoms with Gasteiger partial charge in [0, 0.05) is 11.4 Å². The highest BCUT2D eigenvalue weighted by Crippen LogP contribution is 2.28. The van der Waals surface area contributed by atoms with E-state index in [1.54, 1.807) is 17.2 Å². The Morgan fingerprint density at radius 3 is 2.45 bits per heavy atom. The van der Waals surface area contributed by atoms with Gasteiger partial charge >= 0.3 is 0 Å². The number of rotatable bonds is 9. The molecule has 1 atom stereocenters. The van der Waals surface area contributed by atoms with Gasteiger partial charge in [0.05, 0.1) is 19.2 Å². The van der Waals surface area contributed by atoms with Crippen molar-refractivity contribution >= 4 is 23.2 Å². The molecule has 0 aliphatic heterocycles. The van der Waals surface area contributed by atoms with E-state index >= 15 is 0 Å². The van der Waals surface area contributed by atoms with Gasteiger partial charge in [-0.1, -0.05) is 60.7 Å². The second-order valence-electron chi connectivity index (χ2n) is 7.82. The number of nitrogens with zero attached hydrogens (tertiary/aromatic N) is 1. The van der Waals surface area contributed by atoms with Gasteiger partial charge < -0.3 is 14.6 Å². The highest BCUT2D eigenvalue weighted by atomic mass is 32.1. The summed E-state index contributed by atoms with van der Waals surface area (Å²) in [5.41, 5.74) is 2.75. The second kappa shape index (κ2) is 10.8. The van der Waals surface area contributed by atoms with E-state index in [-0.39, 0.29) is 24.8 Å². The number of carbonyl (C=O) groups is 2. The van der Waals surface area contributed by atoms with Crippen molar-refractivity contribution in [1.29, 1.82) is 0 Å². The van der Waals surface area contributed by atoms with Gasteiger partial charge in [0.2, 0.25) is 11.8 Å². The van der Waals surface area contributed by atoms with Crippen LogP contribution < -0.4 is 5.32 Å². The Hall–Kier alpha value is -3.64. The Labute approximate surface area is 197 Å². The largest absolute Gasteiger partial charge is 0.467 e. The Kier molecular flexibility index (Phi) is 7.37. The van der Waals surface area contributed by atoms with Crippen molar-refractivity contribution in [2.75, 3.05) is 0 Å². The molecule has 2 aromatic heterocycles. The zero-order valence-electron chi connectivity index (χ0n) is 18.4. The molecule has 2 amide bonds. The van der Waals surface area contributed by atoms with Gasteiger partial charge in [-0.05, 0) is 47.2 Å². The summed E-state index contributed by atoms with van der Waals surface area (Å²) in [6.45, 7) is 2.55. The maximum absolute atomic E-state index is 13.6. The van der Waals surface area contributed by atoms with Crippen molar-refractivity contribution in [2.45, 2.75) is 32.5 Å². The number of aryl methyl sites for hydroxylation is 1. The van der Waals surface area contributed by atoms with Gasteiger partial charge in [-0.3, -0.25) is 9.59 Å². The van der Waals surface area contributed by atoms with E-state index in [9.17, 15) is 9.59 Å². The van der Waals surface area contributed by atoms with Crippen molar-refractivity contribution in [3.8, 4) is 0 Å². The zero-order chi connectivity index (χ0) is 23.0. The third kappa shape index (κ3) is 5.79. The third-order valence-electron chi connectivity index (χ3n) is 5.48. The van der Waals surface area contributed by atoms with Crippen LogP contribution in [0.25, 0.3) is 0 Å². The molecule has 168 valence electrons. The van der Waals surface area contributed by atoms with Gasteiger partial charge in [-0.25, -0.2) is 0 Å². The maximum Gasteiger partial charge on any atom is 0.247 e. The fourth-order valence-corrected chi connectivity index (χ4v) is 4.48. The van der Waals surface area contributed by atoms with Crippen LogP contribution in [-0.2, 0) is 29.1 Å². The SMILES string of the molecule is Cc1ccccc1[C@H](C(=O)NCc1ccccc1)N(Cc1ccco1)C(=O)Cc1cccs1. The molecule has 6 heteroatoms. The van der Waals surface area contributed by atoms with Crippen LogP contribution in [0.4, 0.5) is 0 Å². The molecule has 2 heterocycles. The molecule has 33 heavy (non-hydrogen) atoms. The quantitative estimate of drug-likeness (QED) is 0.371. The van der Waals surface area contributed by atoms with Crippen molar-refractivity contribution in [3.05, 3.63) is 118 Å². The molecule has 0 bridgehead atoms. The minimum Gasteiger partial charge on any atom is -0.467 e. The van der Waals surface area contributed by atoms with Crippen LogP contribution >= 0.6 is 11.3 Å². The summed E-state index contributed by atoms with van der Waals surface area (Å²) in [4.78, 5) is 29.7. The molecular formula is C27H26N2O3S. The molecule has 0 saturated heterocycles. The van der Waals surface area contributed by atoms with Crippen molar-refractivity contribution < 1.29 is 14.0 Å². The fourth-order valence-electron chi connectivity index (χ4n) is 3.78. The predicted octanol–water partition coefficient (Wildman–Crippen LogP) is 5.28. The molecule has 0 radical (unpaired) electrons. The highest BCUT2D eigenvalue weighted by molar-refractivity contribution is 7.10. The number of benzene rings is 2. The summed E-state index contributed by atoms with van der Waals surface area (Å²) < 4.78 is 5.55. The second-order valence-corrected chi connectivity index (χ2v) is 8.85. The van der Waals surface area contributed by atoms with Crippen LogP contribution in [0.2, 0.25) is 0 Å². The number of thiophene rings is 1. The molecule has 0 unspecified atom stereocenters. The number of furan rings is 1. The minimum absolute atomic E-state index is 0.128. The molecule has 4 aromatic rings. The number of hydrogen-bond donors (Lipinski definition) is 1. The number of nitrogens with one attached hydrogen (secondary N) is 1. The molecule has 0 aliphatic rings. The van der Waals surface area contributed by atoms with Crippen LogP contribution in [0.1, 0.15) is 33.4 Å². The first kappa shape index (κ1) is 22.6. The first-order valence-electron chi connectivity index (χ1n) is 10.8. The normalized spacial score (nSPS) is 11.7. The van der Waals surface area contributed by atoms with Crippen LogP contribution in [0.5, 0.6) is 0 Å². The van der Waals surface area contributed by atoms with E-state index in [1.807, 2.05) is 85.1 Å². The molecule has 0 aliphatic carbocycles. The number of carbonyl (C=O) groups excluding carboxylic acids is 2. The minimum atomic E-state index is -0.785. The number of amides is 2. The first-order chi connectivity index (χ1) is 16.1. The van der Waals surface area contributed by atoms with Crippen LogP contribution in [-0.4, -0.2) is 16.7 Å². The lowest BCUT2D eigenvalue weighted by molar-refractivity contribution is -0.141. The number of hydrogen-bond acceptors (Lipinski definition) is 4. The van der Waals surface area contributed by atoms with E-state index < -0.39 is 6.04 Å². The van der Waals surface area contributed by atoms with Gasteiger partial charge in [0.15, 0.2) is 0 Å². The molecule has 4 rings (SSSR count). The van der Waals surface area contributed by atoms with Crippen LogP contribution in [0.3, 0.4) is 0 Å². The smallest absolute Gasteiger partial charge is 0.247 e. The highest BCUT2D eigenvalue weighted by Gasteiger charge is 2.33. The van der Waals surface area contributed by atoms with E-state index in [0.29, 0.717) is 12.3 Å². The van der Waals surface area contributed by atoms with Gasteiger partial charge in [0.1, 0.15) is 11.8 Å². The Bertz CT molecular complexity index is 1170. The Balaban J connectivity index is 1.67. The lowest BCUT2D eigenvalue weighted by atomic mass is 9.98. The van der Waals surface area contributed by atoms with E-state index in [4.69, 9.17) is 4.42 Å². The van der Waals surface area contributed by atoms with Crippen LogP contribution in [0, 0.1) is 6.92 Å². The Morgan fingerprint density at radius 2 is 1.76 bits per heavy atom. The van der Waals surface area contributed by atoms with Crippen molar-refractivity contribution in [1.82, 2.24) is 10.2 Å². The summed E-state index contributed by atoms with van der Waals surface area (Å²) in [6.07, 6.45) is 1.81. The summed E-state index contributed by atoms with van der Waals surface area (Å²) >= 11 is 1.53. The molecule has 5 nitrogen and oxygen atoms in total. The van der Waals surface area contributed by atoms with Crippen molar-refractivity contribution in [2.24, 2.45) is 0 Å².